The van der Waals surface area contributed by atoms with Crippen molar-refractivity contribution >= 4 is 21.7 Å². The molecule has 0 saturated carbocycles. The molecule has 1 aliphatic rings. The van der Waals surface area contributed by atoms with E-state index in [0.29, 0.717) is 5.92 Å². The van der Waals surface area contributed by atoms with Gasteiger partial charge in [0.1, 0.15) is 5.78 Å². The van der Waals surface area contributed by atoms with E-state index in [4.69, 9.17) is 0 Å². The van der Waals surface area contributed by atoms with Gasteiger partial charge in [-0.25, -0.2) is 0 Å². The molecule has 0 bridgehead atoms. The number of likely N-dealkylation sites (tertiary alicyclic amines) is 1. The first-order chi connectivity index (χ1) is 5.11. The molecule has 0 amide bonds. The highest BCUT2D eigenvalue weighted by Crippen LogP contribution is 2.23. The lowest BCUT2D eigenvalue weighted by atomic mass is 10.0. The second kappa shape index (κ2) is 3.68. The van der Waals surface area contributed by atoms with E-state index < -0.39 is 0 Å². The molecule has 0 spiro atoms. The minimum atomic E-state index is 0.0763. The maximum Gasteiger partial charge on any atom is 0.143 e. The molecule has 0 N–H and O–H groups in total. The van der Waals surface area contributed by atoms with E-state index in [1.807, 2.05) is 0 Å². The third-order valence-electron chi connectivity index (χ3n) is 2.23. The van der Waals surface area contributed by atoms with Crippen LogP contribution in [0.2, 0.25) is 0 Å². The molecule has 0 aliphatic carbocycles. The zero-order chi connectivity index (χ0) is 8.43. The largest absolute Gasteiger partial charge is 0.306 e. The molecular formula is C8H14BrNO. The van der Waals surface area contributed by atoms with Crippen molar-refractivity contribution in [2.24, 2.45) is 5.92 Å². The summed E-state index contributed by atoms with van der Waals surface area (Å²) in [6, 6.07) is 0. The van der Waals surface area contributed by atoms with Gasteiger partial charge in [-0.3, -0.25) is 4.79 Å². The molecule has 0 aromatic heterocycles. The first kappa shape index (κ1) is 9.20. The van der Waals surface area contributed by atoms with Crippen LogP contribution in [0.5, 0.6) is 0 Å². The monoisotopic (exact) mass is 219 g/mol. The van der Waals surface area contributed by atoms with Crippen molar-refractivity contribution in [3.05, 3.63) is 0 Å². The maximum atomic E-state index is 11.0. The Morgan fingerprint density at radius 1 is 1.73 bits per heavy atom. The van der Waals surface area contributed by atoms with E-state index in [2.05, 4.69) is 27.9 Å². The van der Waals surface area contributed by atoms with Crippen LogP contribution in [0.1, 0.15) is 13.3 Å². The second-order valence-electron chi connectivity index (χ2n) is 3.32. The highest BCUT2D eigenvalue weighted by atomic mass is 79.9. The molecule has 1 rings (SSSR count). The molecule has 1 saturated heterocycles. The van der Waals surface area contributed by atoms with Gasteiger partial charge in [-0.05, 0) is 32.9 Å². The number of nitrogens with zero attached hydrogens (tertiary/aromatic N) is 1. The fraction of sp³-hybridized carbons (Fsp3) is 0.875. The van der Waals surface area contributed by atoms with Crippen LogP contribution in [0, 0.1) is 5.92 Å². The summed E-state index contributed by atoms with van der Waals surface area (Å²) in [5, 5.41) is 0. The van der Waals surface area contributed by atoms with Gasteiger partial charge in [0, 0.05) is 6.54 Å². The van der Waals surface area contributed by atoms with Crippen molar-refractivity contribution < 1.29 is 4.79 Å². The predicted octanol–water partition coefficient (Wildman–Crippen LogP) is 1.29. The Kier molecular flexibility index (Phi) is 3.07. The molecule has 2 atom stereocenters. The molecule has 1 fully saturated rings. The Hall–Kier alpha value is 0.110. The van der Waals surface area contributed by atoms with E-state index >= 15 is 0 Å². The molecule has 2 nitrogen and oxygen atoms in total. The number of ketones is 1. The topological polar surface area (TPSA) is 20.3 Å². The number of hydrogen-bond acceptors (Lipinski definition) is 2. The van der Waals surface area contributed by atoms with Crippen molar-refractivity contribution in [1.82, 2.24) is 4.90 Å². The smallest absolute Gasteiger partial charge is 0.143 e. The first-order valence-corrected chi connectivity index (χ1v) is 4.86. The molecule has 0 aromatic rings. The van der Waals surface area contributed by atoms with Crippen LogP contribution in [-0.2, 0) is 4.79 Å². The Morgan fingerprint density at radius 2 is 2.36 bits per heavy atom. The Balaban J connectivity index is 2.43. The lowest BCUT2D eigenvalue weighted by molar-refractivity contribution is -0.117. The quantitative estimate of drug-likeness (QED) is 0.653. The summed E-state index contributed by atoms with van der Waals surface area (Å²) in [5.41, 5.74) is 0. The van der Waals surface area contributed by atoms with E-state index in [1.165, 1.54) is 0 Å². The van der Waals surface area contributed by atoms with Crippen LogP contribution < -0.4 is 0 Å². The van der Waals surface area contributed by atoms with Crippen LogP contribution in [0.15, 0.2) is 0 Å². The van der Waals surface area contributed by atoms with Gasteiger partial charge in [-0.1, -0.05) is 15.9 Å². The van der Waals surface area contributed by atoms with Crippen molar-refractivity contribution in [3.63, 3.8) is 0 Å². The molecular weight excluding hydrogens is 206 g/mol. The van der Waals surface area contributed by atoms with Gasteiger partial charge in [0.25, 0.3) is 0 Å². The summed E-state index contributed by atoms with van der Waals surface area (Å²) >= 11 is 3.42. The van der Waals surface area contributed by atoms with Crippen molar-refractivity contribution in [2.75, 3.05) is 20.1 Å². The van der Waals surface area contributed by atoms with Gasteiger partial charge in [0.2, 0.25) is 0 Å². The Bertz CT molecular complexity index is 160. The third kappa shape index (κ3) is 2.27. The van der Waals surface area contributed by atoms with E-state index in [1.54, 1.807) is 6.92 Å². The molecule has 0 radical (unpaired) electrons. The number of hydrogen-bond donors (Lipinski definition) is 0. The average Bonchev–Trinajstić information content (AvgIpc) is 2.34. The van der Waals surface area contributed by atoms with Gasteiger partial charge in [0.15, 0.2) is 0 Å². The Labute approximate surface area is 76.1 Å². The van der Waals surface area contributed by atoms with Gasteiger partial charge in [0.05, 0.1) is 4.83 Å². The van der Waals surface area contributed by atoms with Gasteiger partial charge >= 0.3 is 0 Å². The minimum Gasteiger partial charge on any atom is -0.306 e. The number of halogens is 1. The van der Waals surface area contributed by atoms with Crippen molar-refractivity contribution in [2.45, 2.75) is 18.2 Å². The fourth-order valence-corrected chi connectivity index (χ4v) is 1.97. The van der Waals surface area contributed by atoms with Gasteiger partial charge in [-0.15, -0.1) is 0 Å². The summed E-state index contributed by atoms with van der Waals surface area (Å²) in [5.74, 6) is 0.780. The first-order valence-electron chi connectivity index (χ1n) is 3.94. The summed E-state index contributed by atoms with van der Waals surface area (Å²) in [6.07, 6.45) is 1.14. The second-order valence-corrected chi connectivity index (χ2v) is 4.31. The minimum absolute atomic E-state index is 0.0763. The molecule has 2 unspecified atom stereocenters. The van der Waals surface area contributed by atoms with Crippen molar-refractivity contribution in [3.8, 4) is 0 Å². The number of carbonyl (C=O) groups is 1. The van der Waals surface area contributed by atoms with Crippen molar-refractivity contribution in [1.29, 1.82) is 0 Å². The zero-order valence-electron chi connectivity index (χ0n) is 7.01. The predicted molar refractivity (Wildman–Crippen MR) is 49.0 cm³/mol. The van der Waals surface area contributed by atoms with Crippen LogP contribution in [-0.4, -0.2) is 35.6 Å². The molecule has 11 heavy (non-hydrogen) atoms. The standard InChI is InChI=1S/C8H14BrNO/c1-6(11)8(9)7-3-4-10(2)5-7/h7-8H,3-5H2,1-2H3. The lowest BCUT2D eigenvalue weighted by Crippen LogP contribution is -2.24. The molecule has 64 valence electrons. The van der Waals surface area contributed by atoms with E-state index in [0.717, 1.165) is 19.5 Å². The summed E-state index contributed by atoms with van der Waals surface area (Å²) in [4.78, 5) is 13.3. The molecule has 3 heteroatoms. The highest BCUT2D eigenvalue weighted by Gasteiger charge is 2.28. The normalized spacial score (nSPS) is 28.8. The zero-order valence-corrected chi connectivity index (χ0v) is 8.60. The van der Waals surface area contributed by atoms with Gasteiger partial charge in [-0.2, -0.15) is 0 Å². The van der Waals surface area contributed by atoms with Crippen LogP contribution in [0.25, 0.3) is 0 Å². The Morgan fingerprint density at radius 3 is 2.73 bits per heavy atom. The molecule has 0 aromatic carbocycles. The van der Waals surface area contributed by atoms with E-state index in [-0.39, 0.29) is 10.6 Å². The van der Waals surface area contributed by atoms with Crippen LogP contribution in [0.4, 0.5) is 0 Å². The van der Waals surface area contributed by atoms with E-state index in [9.17, 15) is 4.79 Å². The third-order valence-corrected chi connectivity index (χ3v) is 3.62. The molecule has 1 heterocycles. The maximum absolute atomic E-state index is 11.0. The lowest BCUT2D eigenvalue weighted by Gasteiger charge is -2.13. The average molecular weight is 220 g/mol. The van der Waals surface area contributed by atoms with Crippen LogP contribution >= 0.6 is 15.9 Å². The number of Topliss-reactive ketones (excluding diaryl/α,β-unsaturated/α-hetero) is 1. The molecule has 1 aliphatic heterocycles. The van der Waals surface area contributed by atoms with Crippen LogP contribution in [0.3, 0.4) is 0 Å². The number of alkyl halides is 1. The summed E-state index contributed by atoms with van der Waals surface area (Å²) in [6.45, 7) is 3.83. The summed E-state index contributed by atoms with van der Waals surface area (Å²) in [7, 11) is 2.10. The van der Waals surface area contributed by atoms with Gasteiger partial charge < -0.3 is 4.90 Å². The summed E-state index contributed by atoms with van der Waals surface area (Å²) < 4.78 is 0. The fourth-order valence-electron chi connectivity index (χ4n) is 1.54. The highest BCUT2D eigenvalue weighted by molar-refractivity contribution is 9.10. The SMILES string of the molecule is CC(=O)C(Br)C1CCN(C)C1. The number of carbonyl (C=O) groups excluding carboxylic acids is 1. The number of rotatable bonds is 2.